The van der Waals surface area contributed by atoms with E-state index in [-0.39, 0.29) is 11.5 Å². The van der Waals surface area contributed by atoms with Gasteiger partial charge >= 0.3 is 0 Å². The molecule has 1 amide bonds. The predicted molar refractivity (Wildman–Crippen MR) is 124 cm³/mol. The molecule has 0 atom stereocenters. The molecule has 0 bridgehead atoms. The summed E-state index contributed by atoms with van der Waals surface area (Å²) in [6.45, 7) is 1.06. The molecule has 1 N–H and O–H groups in total. The molecule has 7 nitrogen and oxygen atoms in total. The van der Waals surface area contributed by atoms with E-state index >= 15 is 0 Å². The van der Waals surface area contributed by atoms with Gasteiger partial charge in [-0.1, -0.05) is 51.3 Å². The van der Waals surface area contributed by atoms with Gasteiger partial charge in [-0.2, -0.15) is 5.10 Å². The number of carbonyl (C=O) groups is 1. The lowest BCUT2D eigenvalue weighted by molar-refractivity contribution is 0.0952. The summed E-state index contributed by atoms with van der Waals surface area (Å²) < 4.78 is 4.11. The molecule has 2 aromatic carbocycles. The fourth-order valence-electron chi connectivity index (χ4n) is 3.12. The standard InChI is InChI=1S/C21H16BrCl2N5O2/c22-15-3-1-13(2-4-15)11-28-12-26-19-18(21(28)31)10-27-29(19)6-5-25-20(30)14-7-16(23)9-17(24)8-14/h1-4,7-10,12H,5-6,11H2,(H,25,30). The first-order valence-electron chi connectivity index (χ1n) is 9.30. The zero-order valence-corrected chi connectivity index (χ0v) is 19.2. The van der Waals surface area contributed by atoms with Crippen molar-refractivity contribution in [3.8, 4) is 0 Å². The zero-order chi connectivity index (χ0) is 22.0. The summed E-state index contributed by atoms with van der Waals surface area (Å²) in [7, 11) is 0. The van der Waals surface area contributed by atoms with Gasteiger partial charge in [0.15, 0.2) is 5.65 Å². The number of nitrogens with zero attached hydrogens (tertiary/aromatic N) is 4. The van der Waals surface area contributed by atoms with Gasteiger partial charge < -0.3 is 5.32 Å². The van der Waals surface area contributed by atoms with Crippen LogP contribution in [0, 0.1) is 0 Å². The van der Waals surface area contributed by atoms with Gasteiger partial charge in [-0.05, 0) is 35.9 Å². The van der Waals surface area contributed by atoms with Crippen molar-refractivity contribution in [2.75, 3.05) is 6.54 Å². The van der Waals surface area contributed by atoms with Gasteiger partial charge in [0.1, 0.15) is 11.7 Å². The highest BCUT2D eigenvalue weighted by Crippen LogP contribution is 2.19. The van der Waals surface area contributed by atoms with E-state index in [0.29, 0.717) is 46.3 Å². The molecule has 0 unspecified atom stereocenters. The smallest absolute Gasteiger partial charge is 0.264 e. The fourth-order valence-corrected chi connectivity index (χ4v) is 3.91. The topological polar surface area (TPSA) is 81.8 Å². The van der Waals surface area contributed by atoms with Crippen LogP contribution in [0.4, 0.5) is 0 Å². The molecule has 0 saturated carbocycles. The Labute approximate surface area is 195 Å². The van der Waals surface area contributed by atoms with Gasteiger partial charge in [-0.3, -0.25) is 14.2 Å². The van der Waals surface area contributed by atoms with E-state index in [1.165, 1.54) is 12.5 Å². The normalized spacial score (nSPS) is 11.1. The summed E-state index contributed by atoms with van der Waals surface area (Å²) in [6.07, 6.45) is 3.01. The third kappa shape index (κ3) is 4.98. The van der Waals surface area contributed by atoms with Crippen molar-refractivity contribution < 1.29 is 4.79 Å². The Morgan fingerprint density at radius 2 is 1.81 bits per heavy atom. The summed E-state index contributed by atoms with van der Waals surface area (Å²) in [5.41, 5.74) is 1.66. The second kappa shape index (κ2) is 9.21. The second-order valence-electron chi connectivity index (χ2n) is 6.82. The Kier molecular flexibility index (Phi) is 6.41. The van der Waals surface area contributed by atoms with Gasteiger partial charge in [-0.25, -0.2) is 9.67 Å². The number of halogens is 3. The molecule has 0 saturated heterocycles. The molecule has 0 aliphatic rings. The maximum Gasteiger partial charge on any atom is 0.264 e. The first-order chi connectivity index (χ1) is 14.9. The van der Waals surface area contributed by atoms with Crippen LogP contribution >= 0.6 is 39.1 Å². The average Bonchev–Trinajstić information content (AvgIpc) is 3.14. The molecular formula is C21H16BrCl2N5O2. The number of fused-ring (bicyclic) bond motifs is 1. The van der Waals surface area contributed by atoms with E-state index in [1.807, 2.05) is 24.3 Å². The van der Waals surface area contributed by atoms with Crippen molar-refractivity contribution in [3.63, 3.8) is 0 Å². The molecule has 4 aromatic rings. The maximum atomic E-state index is 12.8. The fraction of sp³-hybridized carbons (Fsp3) is 0.143. The van der Waals surface area contributed by atoms with Crippen molar-refractivity contribution in [2.45, 2.75) is 13.1 Å². The minimum Gasteiger partial charge on any atom is -0.350 e. The highest BCUT2D eigenvalue weighted by atomic mass is 79.9. The summed E-state index contributed by atoms with van der Waals surface area (Å²) in [5.74, 6) is -0.300. The predicted octanol–water partition coefficient (Wildman–Crippen LogP) is 4.14. The number of benzene rings is 2. The SMILES string of the molecule is O=C(NCCn1ncc2c(=O)n(Cc3ccc(Br)cc3)cnc21)c1cc(Cl)cc(Cl)c1. The van der Waals surface area contributed by atoms with E-state index in [1.54, 1.807) is 27.4 Å². The number of amides is 1. The zero-order valence-electron chi connectivity index (χ0n) is 16.1. The first kappa shape index (κ1) is 21.5. The van der Waals surface area contributed by atoms with Crippen LogP contribution in [0.2, 0.25) is 10.0 Å². The van der Waals surface area contributed by atoms with Crippen LogP contribution in [0.25, 0.3) is 11.0 Å². The van der Waals surface area contributed by atoms with Gasteiger partial charge in [0.05, 0.1) is 19.3 Å². The van der Waals surface area contributed by atoms with E-state index in [4.69, 9.17) is 23.2 Å². The summed E-state index contributed by atoms with van der Waals surface area (Å²) >= 11 is 15.3. The number of hydrogen-bond donors (Lipinski definition) is 1. The molecule has 0 aliphatic heterocycles. The van der Waals surface area contributed by atoms with Crippen molar-refractivity contribution in [1.29, 1.82) is 0 Å². The molecule has 158 valence electrons. The molecule has 0 aliphatic carbocycles. The number of carbonyl (C=O) groups excluding carboxylic acids is 1. The molecule has 0 fully saturated rings. The van der Waals surface area contributed by atoms with E-state index in [9.17, 15) is 9.59 Å². The monoisotopic (exact) mass is 519 g/mol. The lowest BCUT2D eigenvalue weighted by Gasteiger charge is -2.08. The Balaban J connectivity index is 1.45. The number of hydrogen-bond acceptors (Lipinski definition) is 4. The lowest BCUT2D eigenvalue weighted by Crippen LogP contribution is -2.27. The third-order valence-corrected chi connectivity index (χ3v) is 5.59. The van der Waals surface area contributed by atoms with Crippen LogP contribution in [-0.2, 0) is 13.1 Å². The Bertz CT molecular complexity index is 1300. The van der Waals surface area contributed by atoms with Gasteiger partial charge in [-0.15, -0.1) is 0 Å². The van der Waals surface area contributed by atoms with Gasteiger partial charge in [0, 0.05) is 26.6 Å². The average molecular weight is 521 g/mol. The number of aromatic nitrogens is 4. The van der Waals surface area contributed by atoms with Crippen LogP contribution < -0.4 is 10.9 Å². The lowest BCUT2D eigenvalue weighted by atomic mass is 10.2. The minimum absolute atomic E-state index is 0.170. The molecule has 4 rings (SSSR count). The summed E-state index contributed by atoms with van der Waals surface area (Å²) in [6, 6.07) is 12.4. The number of nitrogens with one attached hydrogen (secondary N) is 1. The molecule has 10 heteroatoms. The van der Waals surface area contributed by atoms with Crippen LogP contribution in [0.3, 0.4) is 0 Å². The first-order valence-corrected chi connectivity index (χ1v) is 10.9. The summed E-state index contributed by atoms with van der Waals surface area (Å²) in [4.78, 5) is 29.5. The molecular weight excluding hydrogens is 505 g/mol. The van der Waals surface area contributed by atoms with Crippen molar-refractivity contribution >= 4 is 56.1 Å². The molecule has 2 aromatic heterocycles. The van der Waals surface area contributed by atoms with Crippen molar-refractivity contribution in [3.05, 3.63) is 91.0 Å². The second-order valence-corrected chi connectivity index (χ2v) is 8.61. The Morgan fingerprint density at radius 3 is 2.52 bits per heavy atom. The van der Waals surface area contributed by atoms with Crippen molar-refractivity contribution in [1.82, 2.24) is 24.6 Å². The third-order valence-electron chi connectivity index (χ3n) is 4.62. The Hall–Kier alpha value is -2.68. The summed E-state index contributed by atoms with van der Waals surface area (Å²) in [5, 5.41) is 8.24. The molecule has 0 spiro atoms. The molecule has 31 heavy (non-hydrogen) atoms. The van der Waals surface area contributed by atoms with E-state index in [2.05, 4.69) is 31.3 Å². The Morgan fingerprint density at radius 1 is 1.10 bits per heavy atom. The van der Waals surface area contributed by atoms with Crippen LogP contribution in [0.1, 0.15) is 15.9 Å². The van der Waals surface area contributed by atoms with Crippen LogP contribution in [0.15, 0.2) is 64.3 Å². The highest BCUT2D eigenvalue weighted by molar-refractivity contribution is 9.10. The quantitative estimate of drug-likeness (QED) is 0.414. The van der Waals surface area contributed by atoms with Gasteiger partial charge in [0.25, 0.3) is 11.5 Å². The largest absolute Gasteiger partial charge is 0.350 e. The highest BCUT2D eigenvalue weighted by Gasteiger charge is 2.12. The van der Waals surface area contributed by atoms with Crippen molar-refractivity contribution in [2.24, 2.45) is 0 Å². The maximum absolute atomic E-state index is 12.8. The minimum atomic E-state index is -0.300. The van der Waals surface area contributed by atoms with Gasteiger partial charge in [0.2, 0.25) is 0 Å². The van der Waals surface area contributed by atoms with E-state index in [0.717, 1.165) is 10.0 Å². The van der Waals surface area contributed by atoms with Crippen LogP contribution in [-0.4, -0.2) is 31.8 Å². The van der Waals surface area contributed by atoms with Crippen LogP contribution in [0.5, 0.6) is 0 Å². The number of rotatable bonds is 6. The molecule has 2 heterocycles. The van der Waals surface area contributed by atoms with E-state index < -0.39 is 0 Å². The molecule has 0 radical (unpaired) electrons.